The highest BCUT2D eigenvalue weighted by Crippen LogP contribution is 2.27. The van der Waals surface area contributed by atoms with E-state index in [9.17, 15) is 9.90 Å². The number of hydrogen-bond acceptors (Lipinski definition) is 4. The van der Waals surface area contributed by atoms with E-state index in [1.807, 2.05) is 30.0 Å². The van der Waals surface area contributed by atoms with E-state index in [-0.39, 0.29) is 12.0 Å². The third kappa shape index (κ3) is 3.74. The highest BCUT2D eigenvalue weighted by atomic mass is 16.5. The zero-order valence-electron chi connectivity index (χ0n) is 13.8. The summed E-state index contributed by atoms with van der Waals surface area (Å²) in [5.41, 5.74) is 2.33. The monoisotopic (exact) mass is 318 g/mol. The number of anilines is 1. The van der Waals surface area contributed by atoms with Crippen molar-refractivity contribution in [3.05, 3.63) is 29.8 Å². The predicted molar refractivity (Wildman–Crippen MR) is 89.6 cm³/mol. The maximum atomic E-state index is 12.6. The largest absolute Gasteiger partial charge is 0.389 e. The van der Waals surface area contributed by atoms with Crippen LogP contribution < -0.4 is 4.90 Å². The molecule has 0 unspecified atom stereocenters. The van der Waals surface area contributed by atoms with Crippen LogP contribution in [0.4, 0.5) is 5.69 Å². The molecule has 2 aliphatic heterocycles. The standard InChI is InChI=1S/C18H26N2O3/c1-2-23-17-13-19(12-16(17)21)11-9-18(22)20-10-5-7-14-6-3-4-8-15(14)20/h3-4,6,8,16-17,21H,2,5,7,9-13H2,1H3/t16-,17-/m0/s1. The lowest BCUT2D eigenvalue weighted by Crippen LogP contribution is -2.37. The molecule has 23 heavy (non-hydrogen) atoms. The van der Waals surface area contributed by atoms with Gasteiger partial charge in [0, 0.05) is 44.9 Å². The number of β-amino-alcohol motifs (C(OH)–C–C–N with tert-alkyl or cyclic N) is 1. The Bertz CT molecular complexity index is 549. The lowest BCUT2D eigenvalue weighted by molar-refractivity contribution is -0.119. The van der Waals surface area contributed by atoms with E-state index in [0.717, 1.165) is 25.1 Å². The average Bonchev–Trinajstić information content (AvgIpc) is 2.92. The van der Waals surface area contributed by atoms with Gasteiger partial charge in [-0.25, -0.2) is 0 Å². The van der Waals surface area contributed by atoms with Gasteiger partial charge in [-0.2, -0.15) is 0 Å². The lowest BCUT2D eigenvalue weighted by atomic mass is 10.0. The Kier molecular flexibility index (Phi) is 5.30. The minimum Gasteiger partial charge on any atom is -0.389 e. The molecule has 5 heteroatoms. The van der Waals surface area contributed by atoms with Gasteiger partial charge in [0.25, 0.3) is 0 Å². The Hall–Kier alpha value is -1.43. The molecule has 1 aromatic carbocycles. The fraction of sp³-hybridized carbons (Fsp3) is 0.611. The van der Waals surface area contributed by atoms with Crippen molar-refractivity contribution in [2.24, 2.45) is 0 Å². The van der Waals surface area contributed by atoms with Gasteiger partial charge in [0.05, 0.1) is 12.2 Å². The Labute approximate surface area is 137 Å². The molecule has 0 radical (unpaired) electrons. The fourth-order valence-corrected chi connectivity index (χ4v) is 3.57. The number of likely N-dealkylation sites (tertiary alicyclic amines) is 1. The molecule has 0 spiro atoms. The van der Waals surface area contributed by atoms with E-state index in [1.165, 1.54) is 5.56 Å². The first-order valence-corrected chi connectivity index (χ1v) is 8.59. The summed E-state index contributed by atoms with van der Waals surface area (Å²) in [6.07, 6.45) is 2.00. The van der Waals surface area contributed by atoms with Gasteiger partial charge in [0.15, 0.2) is 0 Å². The number of hydrogen-bond donors (Lipinski definition) is 1. The van der Waals surface area contributed by atoms with Crippen LogP contribution >= 0.6 is 0 Å². The number of carbonyl (C=O) groups is 1. The number of para-hydroxylation sites is 1. The highest BCUT2D eigenvalue weighted by Gasteiger charge is 2.32. The lowest BCUT2D eigenvalue weighted by Gasteiger charge is -2.30. The smallest absolute Gasteiger partial charge is 0.228 e. The number of amides is 1. The van der Waals surface area contributed by atoms with Crippen molar-refractivity contribution >= 4 is 11.6 Å². The van der Waals surface area contributed by atoms with Gasteiger partial charge < -0.3 is 14.7 Å². The van der Waals surface area contributed by atoms with Crippen LogP contribution in [0, 0.1) is 0 Å². The van der Waals surface area contributed by atoms with E-state index in [0.29, 0.717) is 32.7 Å². The molecule has 1 saturated heterocycles. The maximum Gasteiger partial charge on any atom is 0.228 e. The minimum absolute atomic E-state index is 0.120. The maximum absolute atomic E-state index is 12.6. The molecule has 2 atom stereocenters. The molecule has 1 N–H and O–H groups in total. The second-order valence-corrected chi connectivity index (χ2v) is 6.35. The topological polar surface area (TPSA) is 53.0 Å². The number of aliphatic hydroxyl groups excluding tert-OH is 1. The number of aliphatic hydroxyl groups is 1. The Balaban J connectivity index is 1.55. The summed E-state index contributed by atoms with van der Waals surface area (Å²) in [6.45, 7) is 5.33. The molecule has 126 valence electrons. The van der Waals surface area contributed by atoms with Crippen LogP contribution in [0.1, 0.15) is 25.3 Å². The molecule has 0 aliphatic carbocycles. The van der Waals surface area contributed by atoms with Crippen molar-refractivity contribution in [1.82, 2.24) is 4.90 Å². The molecule has 3 rings (SSSR count). The van der Waals surface area contributed by atoms with Crippen molar-refractivity contribution in [2.45, 2.75) is 38.4 Å². The summed E-state index contributed by atoms with van der Waals surface area (Å²) in [7, 11) is 0. The summed E-state index contributed by atoms with van der Waals surface area (Å²) in [5.74, 6) is 0.173. The molecule has 1 amide bonds. The molecule has 0 bridgehead atoms. The number of fused-ring (bicyclic) bond motifs is 1. The van der Waals surface area contributed by atoms with Gasteiger partial charge in [0.2, 0.25) is 5.91 Å². The number of rotatable bonds is 5. The van der Waals surface area contributed by atoms with Crippen LogP contribution in [-0.2, 0) is 16.0 Å². The predicted octanol–water partition coefficient (Wildman–Crippen LogP) is 1.44. The molecule has 5 nitrogen and oxygen atoms in total. The molecule has 1 fully saturated rings. The van der Waals surface area contributed by atoms with Crippen molar-refractivity contribution in [3.63, 3.8) is 0 Å². The van der Waals surface area contributed by atoms with Crippen molar-refractivity contribution < 1.29 is 14.6 Å². The quantitative estimate of drug-likeness (QED) is 0.892. The zero-order chi connectivity index (χ0) is 16.2. The highest BCUT2D eigenvalue weighted by molar-refractivity contribution is 5.94. The fourth-order valence-electron chi connectivity index (χ4n) is 3.57. The Morgan fingerprint density at radius 1 is 1.35 bits per heavy atom. The van der Waals surface area contributed by atoms with Crippen LogP contribution in [0.3, 0.4) is 0 Å². The Morgan fingerprint density at radius 2 is 2.17 bits per heavy atom. The average molecular weight is 318 g/mol. The number of nitrogens with zero attached hydrogens (tertiary/aromatic N) is 2. The van der Waals surface area contributed by atoms with E-state index in [1.54, 1.807) is 0 Å². The zero-order valence-corrected chi connectivity index (χ0v) is 13.8. The van der Waals surface area contributed by atoms with Gasteiger partial charge in [-0.3, -0.25) is 9.69 Å². The van der Waals surface area contributed by atoms with Crippen molar-refractivity contribution in [1.29, 1.82) is 0 Å². The van der Waals surface area contributed by atoms with Crippen LogP contribution in [0.15, 0.2) is 24.3 Å². The molecule has 2 heterocycles. The van der Waals surface area contributed by atoms with Crippen molar-refractivity contribution in [2.75, 3.05) is 37.7 Å². The van der Waals surface area contributed by atoms with Crippen LogP contribution in [0.25, 0.3) is 0 Å². The summed E-state index contributed by atoms with van der Waals surface area (Å²) in [4.78, 5) is 16.7. The SMILES string of the molecule is CCO[C@H]1CN(CCC(=O)N2CCCc3ccccc32)C[C@@H]1O. The summed E-state index contributed by atoms with van der Waals surface area (Å²) < 4.78 is 5.53. The van der Waals surface area contributed by atoms with Crippen LogP contribution in [0.5, 0.6) is 0 Å². The van der Waals surface area contributed by atoms with Gasteiger partial charge >= 0.3 is 0 Å². The van der Waals surface area contributed by atoms with Gasteiger partial charge in [-0.1, -0.05) is 18.2 Å². The number of carbonyl (C=O) groups excluding carboxylic acids is 1. The Morgan fingerprint density at radius 3 is 3.00 bits per heavy atom. The first-order chi connectivity index (χ1) is 11.2. The molecule has 2 aliphatic rings. The molecular formula is C18H26N2O3. The summed E-state index contributed by atoms with van der Waals surface area (Å²) in [5, 5.41) is 9.97. The summed E-state index contributed by atoms with van der Waals surface area (Å²) >= 11 is 0. The van der Waals surface area contributed by atoms with E-state index >= 15 is 0 Å². The third-order valence-electron chi connectivity index (χ3n) is 4.75. The van der Waals surface area contributed by atoms with Crippen LogP contribution in [0.2, 0.25) is 0 Å². The van der Waals surface area contributed by atoms with E-state index in [4.69, 9.17) is 4.74 Å². The number of ether oxygens (including phenoxy) is 1. The second-order valence-electron chi connectivity index (χ2n) is 6.35. The number of aryl methyl sites for hydroxylation is 1. The van der Waals surface area contributed by atoms with Crippen molar-refractivity contribution in [3.8, 4) is 0 Å². The first kappa shape index (κ1) is 16.4. The molecule has 0 aromatic heterocycles. The van der Waals surface area contributed by atoms with Gasteiger partial charge in [-0.15, -0.1) is 0 Å². The van der Waals surface area contributed by atoms with Crippen LogP contribution in [-0.4, -0.2) is 60.9 Å². The van der Waals surface area contributed by atoms with E-state index in [2.05, 4.69) is 11.0 Å². The molecular weight excluding hydrogens is 292 g/mol. The molecule has 0 saturated carbocycles. The summed E-state index contributed by atoms with van der Waals surface area (Å²) in [6, 6.07) is 8.18. The first-order valence-electron chi connectivity index (χ1n) is 8.59. The third-order valence-corrected chi connectivity index (χ3v) is 4.75. The number of benzene rings is 1. The normalized spacial score (nSPS) is 24.7. The van der Waals surface area contributed by atoms with Gasteiger partial charge in [0.1, 0.15) is 0 Å². The van der Waals surface area contributed by atoms with Gasteiger partial charge in [-0.05, 0) is 31.4 Å². The molecule has 1 aromatic rings. The second kappa shape index (κ2) is 7.43. The minimum atomic E-state index is -0.444. The van der Waals surface area contributed by atoms with E-state index < -0.39 is 6.10 Å².